The summed E-state index contributed by atoms with van der Waals surface area (Å²) in [4.78, 5) is 11.7. The van der Waals surface area contributed by atoms with Crippen molar-refractivity contribution in [1.82, 2.24) is 14.9 Å². The van der Waals surface area contributed by atoms with E-state index in [1.165, 1.54) is 36.9 Å². The van der Waals surface area contributed by atoms with E-state index in [4.69, 9.17) is 4.98 Å². The summed E-state index contributed by atoms with van der Waals surface area (Å²) in [6.45, 7) is 5.26. The van der Waals surface area contributed by atoms with E-state index in [2.05, 4.69) is 22.1 Å². The number of nitrogens with one attached hydrogen (secondary N) is 1. The third-order valence-electron chi connectivity index (χ3n) is 5.03. The average molecular weight is 304 g/mol. The lowest BCUT2D eigenvalue weighted by atomic mass is 9.95. The molecule has 1 unspecified atom stereocenters. The summed E-state index contributed by atoms with van der Waals surface area (Å²) in [5.74, 6) is 0.774. The third kappa shape index (κ3) is 3.58. The van der Waals surface area contributed by atoms with Crippen LogP contribution in [0.3, 0.4) is 0 Å². The molecule has 22 heavy (non-hydrogen) atoms. The van der Waals surface area contributed by atoms with Crippen molar-refractivity contribution in [1.29, 1.82) is 0 Å². The van der Waals surface area contributed by atoms with Crippen LogP contribution in [0.4, 0.5) is 5.95 Å². The van der Waals surface area contributed by atoms with Gasteiger partial charge in [-0.05, 0) is 57.6 Å². The molecule has 1 aromatic heterocycles. The van der Waals surface area contributed by atoms with Crippen LogP contribution in [0.15, 0.2) is 0 Å². The number of nitrogens with zero attached hydrogens (tertiary/aromatic N) is 3. The number of aliphatic hydroxyl groups excluding tert-OH is 1. The number of aryl methyl sites for hydroxylation is 2. The molecule has 2 N–H and O–H groups in total. The van der Waals surface area contributed by atoms with Crippen LogP contribution >= 0.6 is 0 Å². The molecule has 2 aliphatic rings. The molecule has 122 valence electrons. The van der Waals surface area contributed by atoms with Crippen LogP contribution in [0.5, 0.6) is 0 Å². The zero-order valence-electron chi connectivity index (χ0n) is 13.6. The van der Waals surface area contributed by atoms with E-state index in [1.54, 1.807) is 0 Å². The van der Waals surface area contributed by atoms with Crippen molar-refractivity contribution < 1.29 is 5.11 Å². The zero-order valence-corrected chi connectivity index (χ0v) is 13.6. The van der Waals surface area contributed by atoms with Gasteiger partial charge in [0.2, 0.25) is 5.95 Å². The van der Waals surface area contributed by atoms with Crippen LogP contribution in [-0.4, -0.2) is 52.3 Å². The van der Waals surface area contributed by atoms with Crippen molar-refractivity contribution in [2.45, 2.75) is 57.9 Å². The minimum atomic E-state index is 0.272. The first-order chi connectivity index (χ1) is 10.8. The topological polar surface area (TPSA) is 61.3 Å². The number of fused-ring (bicyclic) bond motifs is 1. The molecule has 1 atom stereocenters. The van der Waals surface area contributed by atoms with Crippen LogP contribution < -0.4 is 5.32 Å². The highest BCUT2D eigenvalue weighted by atomic mass is 16.3. The molecule has 1 aliphatic heterocycles. The Balaban J connectivity index is 1.56. The molecule has 1 fully saturated rings. The molecule has 2 heterocycles. The number of piperidine rings is 1. The maximum absolute atomic E-state index is 9.46. The Morgan fingerprint density at radius 3 is 2.91 bits per heavy atom. The van der Waals surface area contributed by atoms with E-state index >= 15 is 0 Å². The van der Waals surface area contributed by atoms with Crippen molar-refractivity contribution in [2.75, 3.05) is 31.6 Å². The van der Waals surface area contributed by atoms with E-state index in [0.717, 1.165) is 50.5 Å². The molecule has 0 bridgehead atoms. The molecule has 1 aliphatic carbocycles. The third-order valence-corrected chi connectivity index (χ3v) is 5.03. The first-order valence-corrected chi connectivity index (χ1v) is 8.73. The summed E-state index contributed by atoms with van der Waals surface area (Å²) in [5.41, 5.74) is 3.75. The molecule has 0 saturated carbocycles. The SMILES string of the molecule is Cc1nc(NCCN2CCCCC2CO)nc2c1CCCC2. The van der Waals surface area contributed by atoms with Gasteiger partial charge in [-0.1, -0.05) is 6.42 Å². The van der Waals surface area contributed by atoms with E-state index in [1.807, 2.05) is 0 Å². The largest absolute Gasteiger partial charge is 0.395 e. The Bertz CT molecular complexity index is 506. The minimum absolute atomic E-state index is 0.272. The summed E-state index contributed by atoms with van der Waals surface area (Å²) >= 11 is 0. The number of likely N-dealkylation sites (tertiary alicyclic amines) is 1. The fourth-order valence-electron chi connectivity index (χ4n) is 3.73. The molecule has 0 spiro atoms. The number of aliphatic hydroxyl groups is 1. The normalized spacial score (nSPS) is 22.4. The van der Waals surface area contributed by atoms with E-state index in [-0.39, 0.29) is 6.61 Å². The smallest absolute Gasteiger partial charge is 0.223 e. The average Bonchev–Trinajstić information content (AvgIpc) is 2.55. The Morgan fingerprint density at radius 2 is 2.05 bits per heavy atom. The van der Waals surface area contributed by atoms with Gasteiger partial charge in [0.1, 0.15) is 0 Å². The van der Waals surface area contributed by atoms with Gasteiger partial charge in [0.25, 0.3) is 0 Å². The molecule has 0 radical (unpaired) electrons. The first-order valence-electron chi connectivity index (χ1n) is 8.73. The second kappa shape index (κ2) is 7.38. The Kier molecular flexibility index (Phi) is 5.26. The van der Waals surface area contributed by atoms with Gasteiger partial charge in [0.05, 0.1) is 6.61 Å². The van der Waals surface area contributed by atoms with Gasteiger partial charge in [0, 0.05) is 30.5 Å². The second-order valence-corrected chi connectivity index (χ2v) is 6.56. The molecule has 1 aromatic rings. The summed E-state index contributed by atoms with van der Waals surface area (Å²) < 4.78 is 0. The standard InChI is InChI=1S/C17H28N4O/c1-13-15-7-2-3-8-16(15)20-17(19-13)18-9-11-21-10-5-4-6-14(21)12-22/h14,22H,2-12H2,1H3,(H,18,19,20). The summed E-state index contributed by atoms with van der Waals surface area (Å²) in [5, 5.41) is 12.8. The highest BCUT2D eigenvalue weighted by molar-refractivity contribution is 5.35. The van der Waals surface area contributed by atoms with Gasteiger partial charge in [-0.25, -0.2) is 9.97 Å². The summed E-state index contributed by atoms with van der Waals surface area (Å²) in [6, 6.07) is 0.335. The predicted molar refractivity (Wildman–Crippen MR) is 88.2 cm³/mol. The maximum Gasteiger partial charge on any atom is 0.223 e. The quantitative estimate of drug-likeness (QED) is 0.870. The van der Waals surface area contributed by atoms with Crippen molar-refractivity contribution in [3.8, 4) is 0 Å². The van der Waals surface area contributed by atoms with Crippen molar-refractivity contribution in [3.05, 3.63) is 17.0 Å². The van der Waals surface area contributed by atoms with Crippen LogP contribution in [0.25, 0.3) is 0 Å². The van der Waals surface area contributed by atoms with Gasteiger partial charge in [-0.3, -0.25) is 4.90 Å². The number of hydrogen-bond acceptors (Lipinski definition) is 5. The molecule has 0 aromatic carbocycles. The number of aromatic nitrogens is 2. The lowest BCUT2D eigenvalue weighted by Crippen LogP contribution is -2.44. The molecule has 3 rings (SSSR count). The van der Waals surface area contributed by atoms with Crippen LogP contribution in [0.2, 0.25) is 0 Å². The first kappa shape index (κ1) is 15.7. The number of hydrogen-bond donors (Lipinski definition) is 2. The lowest BCUT2D eigenvalue weighted by Gasteiger charge is -2.34. The monoisotopic (exact) mass is 304 g/mol. The van der Waals surface area contributed by atoms with Gasteiger partial charge in [-0.2, -0.15) is 0 Å². The van der Waals surface area contributed by atoms with E-state index in [9.17, 15) is 5.11 Å². The minimum Gasteiger partial charge on any atom is -0.395 e. The van der Waals surface area contributed by atoms with Crippen molar-refractivity contribution >= 4 is 5.95 Å². The van der Waals surface area contributed by atoms with Gasteiger partial charge < -0.3 is 10.4 Å². The van der Waals surface area contributed by atoms with Crippen LogP contribution in [0, 0.1) is 6.92 Å². The van der Waals surface area contributed by atoms with Crippen molar-refractivity contribution in [3.63, 3.8) is 0 Å². The fourth-order valence-corrected chi connectivity index (χ4v) is 3.73. The number of rotatable bonds is 5. The lowest BCUT2D eigenvalue weighted by molar-refractivity contribution is 0.0940. The molecule has 1 saturated heterocycles. The zero-order chi connectivity index (χ0) is 15.4. The van der Waals surface area contributed by atoms with Crippen LogP contribution in [-0.2, 0) is 12.8 Å². The predicted octanol–water partition coefficient (Wildman–Crippen LogP) is 1.92. The highest BCUT2D eigenvalue weighted by Gasteiger charge is 2.21. The molecule has 0 amide bonds. The Hall–Kier alpha value is -1.20. The molecule has 5 heteroatoms. The Morgan fingerprint density at radius 1 is 1.18 bits per heavy atom. The maximum atomic E-state index is 9.46. The van der Waals surface area contributed by atoms with E-state index in [0.29, 0.717) is 6.04 Å². The van der Waals surface area contributed by atoms with Gasteiger partial charge >= 0.3 is 0 Å². The van der Waals surface area contributed by atoms with Gasteiger partial charge in [-0.15, -0.1) is 0 Å². The molecule has 5 nitrogen and oxygen atoms in total. The molecular weight excluding hydrogens is 276 g/mol. The van der Waals surface area contributed by atoms with E-state index < -0.39 is 0 Å². The summed E-state index contributed by atoms with van der Waals surface area (Å²) in [7, 11) is 0. The summed E-state index contributed by atoms with van der Waals surface area (Å²) in [6.07, 6.45) is 8.33. The Labute approximate surface area is 133 Å². The van der Waals surface area contributed by atoms with Crippen molar-refractivity contribution in [2.24, 2.45) is 0 Å². The fraction of sp³-hybridized carbons (Fsp3) is 0.765. The number of anilines is 1. The second-order valence-electron chi connectivity index (χ2n) is 6.56. The molecular formula is C17H28N4O. The van der Waals surface area contributed by atoms with Crippen LogP contribution in [0.1, 0.15) is 49.1 Å². The highest BCUT2D eigenvalue weighted by Crippen LogP contribution is 2.22. The van der Waals surface area contributed by atoms with Gasteiger partial charge in [0.15, 0.2) is 0 Å².